The van der Waals surface area contributed by atoms with E-state index in [1.807, 2.05) is 19.1 Å². The Morgan fingerprint density at radius 3 is 2.17 bits per heavy atom. The van der Waals surface area contributed by atoms with Crippen LogP contribution in [0.2, 0.25) is 18.1 Å². The Labute approximate surface area is 177 Å². The van der Waals surface area contributed by atoms with Crippen molar-refractivity contribution in [2.24, 2.45) is 0 Å². The van der Waals surface area contributed by atoms with E-state index in [-0.39, 0.29) is 5.04 Å². The predicted octanol–water partition coefficient (Wildman–Crippen LogP) is 6.88. The van der Waals surface area contributed by atoms with E-state index < -0.39 is 8.32 Å². The zero-order valence-corrected chi connectivity index (χ0v) is 20.3. The molecule has 0 spiro atoms. The van der Waals surface area contributed by atoms with Crippen LogP contribution in [0.25, 0.3) is 11.1 Å². The Morgan fingerprint density at radius 1 is 1.00 bits per heavy atom. The first kappa shape index (κ1) is 23.4. The Balaban J connectivity index is 2.04. The number of hydrogen-bond donors (Lipinski definition) is 0. The zero-order valence-electron chi connectivity index (χ0n) is 19.3. The van der Waals surface area contributed by atoms with Gasteiger partial charge in [0.05, 0.1) is 6.61 Å². The van der Waals surface area contributed by atoms with E-state index in [4.69, 9.17) is 9.16 Å². The van der Waals surface area contributed by atoms with E-state index in [0.29, 0.717) is 6.61 Å². The summed E-state index contributed by atoms with van der Waals surface area (Å²) < 4.78 is 12.2. The minimum Gasteiger partial charge on any atom is -0.493 e. The van der Waals surface area contributed by atoms with Crippen LogP contribution in [-0.2, 0) is 4.43 Å². The van der Waals surface area contributed by atoms with Crippen LogP contribution >= 0.6 is 0 Å². The second kappa shape index (κ2) is 9.27. The number of carbonyl (C=O) groups is 1. The van der Waals surface area contributed by atoms with Crippen molar-refractivity contribution < 1.29 is 14.0 Å². The standard InChI is InChI=1S/C25H36O3Si/c1-18-15-22(27-13-10-14-28-29(7,8)25(4,5)6)16-19(2)24(18)23-12-9-11-21(17-26)20(23)3/h9,11-12,15-17H,10,13-14H2,1-8H3. The highest BCUT2D eigenvalue weighted by Gasteiger charge is 2.36. The largest absolute Gasteiger partial charge is 0.493 e. The highest BCUT2D eigenvalue weighted by Crippen LogP contribution is 2.37. The van der Waals surface area contributed by atoms with Crippen LogP contribution in [0, 0.1) is 20.8 Å². The minimum atomic E-state index is -1.69. The fraction of sp³-hybridized carbons (Fsp3) is 0.480. The number of benzene rings is 2. The molecule has 0 bridgehead atoms. The Morgan fingerprint density at radius 2 is 1.62 bits per heavy atom. The molecule has 0 N–H and O–H groups in total. The molecule has 0 aliphatic heterocycles. The summed E-state index contributed by atoms with van der Waals surface area (Å²) >= 11 is 0. The molecule has 0 amide bonds. The lowest BCUT2D eigenvalue weighted by Crippen LogP contribution is -2.41. The van der Waals surface area contributed by atoms with Crippen LogP contribution in [0.15, 0.2) is 30.3 Å². The van der Waals surface area contributed by atoms with Crippen LogP contribution in [0.1, 0.15) is 54.2 Å². The molecule has 3 nitrogen and oxygen atoms in total. The summed E-state index contributed by atoms with van der Waals surface area (Å²) in [5.41, 5.74) is 6.36. The molecular formula is C25H36O3Si. The molecule has 158 valence electrons. The highest BCUT2D eigenvalue weighted by atomic mass is 28.4. The molecule has 0 atom stereocenters. The van der Waals surface area contributed by atoms with Gasteiger partial charge in [-0.15, -0.1) is 0 Å². The van der Waals surface area contributed by atoms with Gasteiger partial charge < -0.3 is 9.16 Å². The maximum absolute atomic E-state index is 11.3. The van der Waals surface area contributed by atoms with Crippen molar-refractivity contribution >= 4 is 14.6 Å². The van der Waals surface area contributed by atoms with Gasteiger partial charge in [0, 0.05) is 18.6 Å². The maximum atomic E-state index is 11.3. The molecule has 0 aromatic heterocycles. The zero-order chi connectivity index (χ0) is 21.8. The molecule has 0 saturated carbocycles. The quantitative estimate of drug-likeness (QED) is 0.269. The van der Waals surface area contributed by atoms with Crippen molar-refractivity contribution in [2.45, 2.75) is 66.1 Å². The van der Waals surface area contributed by atoms with Crippen LogP contribution in [0.3, 0.4) is 0 Å². The lowest BCUT2D eigenvalue weighted by molar-refractivity contribution is 0.112. The fourth-order valence-corrected chi connectivity index (χ4v) is 4.36. The van der Waals surface area contributed by atoms with Gasteiger partial charge >= 0.3 is 0 Å². The molecule has 0 fully saturated rings. The smallest absolute Gasteiger partial charge is 0.191 e. The van der Waals surface area contributed by atoms with Crippen molar-refractivity contribution in [2.75, 3.05) is 13.2 Å². The third-order valence-corrected chi connectivity index (χ3v) is 10.6. The Kier molecular flexibility index (Phi) is 7.47. The first-order valence-corrected chi connectivity index (χ1v) is 13.3. The Hall–Kier alpha value is -1.91. The average Bonchev–Trinajstić information content (AvgIpc) is 2.61. The molecule has 0 heterocycles. The number of ether oxygens (including phenoxy) is 1. The molecule has 0 radical (unpaired) electrons. The maximum Gasteiger partial charge on any atom is 0.191 e. The molecule has 0 saturated heterocycles. The van der Waals surface area contributed by atoms with E-state index in [2.05, 4.69) is 65.9 Å². The molecule has 2 aromatic rings. The van der Waals surface area contributed by atoms with E-state index in [0.717, 1.165) is 52.9 Å². The van der Waals surface area contributed by atoms with Crippen LogP contribution in [-0.4, -0.2) is 27.8 Å². The van der Waals surface area contributed by atoms with E-state index in [1.54, 1.807) is 0 Å². The van der Waals surface area contributed by atoms with Gasteiger partial charge in [0.25, 0.3) is 0 Å². The summed E-state index contributed by atoms with van der Waals surface area (Å²) in [5, 5.41) is 0.233. The van der Waals surface area contributed by atoms with Crippen molar-refractivity contribution in [3.05, 3.63) is 52.6 Å². The van der Waals surface area contributed by atoms with Gasteiger partial charge in [-0.1, -0.05) is 39.0 Å². The summed E-state index contributed by atoms with van der Waals surface area (Å²) in [6.07, 6.45) is 1.81. The molecule has 0 aliphatic rings. The minimum absolute atomic E-state index is 0.233. The monoisotopic (exact) mass is 412 g/mol. The number of carbonyl (C=O) groups excluding carboxylic acids is 1. The number of hydrogen-bond acceptors (Lipinski definition) is 3. The molecule has 2 rings (SSSR count). The van der Waals surface area contributed by atoms with Gasteiger partial charge in [0.1, 0.15) is 12.0 Å². The van der Waals surface area contributed by atoms with Crippen LogP contribution < -0.4 is 4.74 Å². The topological polar surface area (TPSA) is 35.5 Å². The average molecular weight is 413 g/mol. The van der Waals surface area contributed by atoms with Gasteiger partial charge in [-0.3, -0.25) is 4.79 Å². The van der Waals surface area contributed by atoms with Crippen LogP contribution in [0.4, 0.5) is 0 Å². The second-order valence-electron chi connectivity index (χ2n) is 9.38. The molecule has 0 unspecified atom stereocenters. The summed E-state index contributed by atoms with van der Waals surface area (Å²) in [7, 11) is -1.69. The Bertz CT molecular complexity index is 840. The number of rotatable bonds is 8. The van der Waals surface area contributed by atoms with Crippen molar-refractivity contribution in [1.82, 2.24) is 0 Å². The summed E-state index contributed by atoms with van der Waals surface area (Å²) in [6.45, 7) is 18.9. The molecule has 29 heavy (non-hydrogen) atoms. The van der Waals surface area contributed by atoms with Gasteiger partial charge in [-0.25, -0.2) is 0 Å². The van der Waals surface area contributed by atoms with Gasteiger partial charge in [0.2, 0.25) is 0 Å². The van der Waals surface area contributed by atoms with Crippen molar-refractivity contribution in [1.29, 1.82) is 0 Å². The summed E-state index contributed by atoms with van der Waals surface area (Å²) in [6, 6.07) is 10.1. The SMILES string of the molecule is Cc1cc(OCCCO[Si](C)(C)C(C)(C)C)cc(C)c1-c1cccc(C=O)c1C. The van der Waals surface area contributed by atoms with Gasteiger partial charge in [-0.05, 0) is 78.9 Å². The van der Waals surface area contributed by atoms with Gasteiger partial charge in [-0.2, -0.15) is 0 Å². The first-order valence-electron chi connectivity index (χ1n) is 10.4. The van der Waals surface area contributed by atoms with Gasteiger partial charge in [0.15, 0.2) is 8.32 Å². The first-order chi connectivity index (χ1) is 13.5. The van der Waals surface area contributed by atoms with E-state index in [9.17, 15) is 4.79 Å². The van der Waals surface area contributed by atoms with Crippen molar-refractivity contribution in [3.8, 4) is 16.9 Å². The number of aryl methyl sites for hydroxylation is 2. The van der Waals surface area contributed by atoms with Crippen LogP contribution in [0.5, 0.6) is 5.75 Å². The lowest BCUT2D eigenvalue weighted by Gasteiger charge is -2.36. The number of aldehydes is 1. The molecular weight excluding hydrogens is 376 g/mol. The fourth-order valence-electron chi connectivity index (χ4n) is 3.28. The van der Waals surface area contributed by atoms with Crippen molar-refractivity contribution in [3.63, 3.8) is 0 Å². The second-order valence-corrected chi connectivity index (χ2v) is 14.2. The van der Waals surface area contributed by atoms with E-state index in [1.165, 1.54) is 5.56 Å². The molecule has 0 aliphatic carbocycles. The summed E-state index contributed by atoms with van der Waals surface area (Å²) in [5.74, 6) is 0.889. The lowest BCUT2D eigenvalue weighted by atomic mass is 9.90. The molecule has 4 heteroatoms. The molecule has 2 aromatic carbocycles. The third kappa shape index (κ3) is 5.58. The predicted molar refractivity (Wildman–Crippen MR) is 125 cm³/mol. The van der Waals surface area contributed by atoms with E-state index >= 15 is 0 Å². The highest BCUT2D eigenvalue weighted by molar-refractivity contribution is 6.74. The summed E-state index contributed by atoms with van der Waals surface area (Å²) in [4.78, 5) is 11.3. The normalized spacial score (nSPS) is 12.1. The third-order valence-electron chi connectivity index (χ3n) is 6.10.